The molecule has 0 spiro atoms. The highest BCUT2D eigenvalue weighted by Gasteiger charge is 2.23. The standard InChI is InChI=1S/C11H18N2S/c1-6-11(4,5)9-7(2)12-10(14)13-8(9)3/h6H2,1-5H3,(H,12,13,14). The molecular weight excluding hydrogens is 192 g/mol. The molecule has 78 valence electrons. The Labute approximate surface area is 90.8 Å². The zero-order chi connectivity index (χ0) is 10.9. The van der Waals surface area contributed by atoms with Crippen molar-refractivity contribution in [2.24, 2.45) is 0 Å². The normalized spacial score (nSPS) is 11.8. The van der Waals surface area contributed by atoms with Gasteiger partial charge in [0.2, 0.25) is 0 Å². The molecule has 14 heavy (non-hydrogen) atoms. The fraction of sp³-hybridized carbons (Fsp3) is 0.636. The number of aryl methyl sites for hydroxylation is 2. The van der Waals surface area contributed by atoms with Gasteiger partial charge in [-0.05, 0) is 43.5 Å². The molecule has 0 fully saturated rings. The molecule has 0 unspecified atom stereocenters. The second kappa shape index (κ2) is 3.81. The number of hydrogen-bond acceptors (Lipinski definition) is 2. The highest BCUT2D eigenvalue weighted by atomic mass is 32.1. The van der Waals surface area contributed by atoms with E-state index in [2.05, 4.69) is 37.7 Å². The van der Waals surface area contributed by atoms with Gasteiger partial charge in [0.15, 0.2) is 4.77 Å². The molecule has 1 aromatic rings. The van der Waals surface area contributed by atoms with Crippen molar-refractivity contribution in [1.29, 1.82) is 0 Å². The van der Waals surface area contributed by atoms with Crippen LogP contribution in [0.4, 0.5) is 0 Å². The quantitative estimate of drug-likeness (QED) is 0.757. The highest BCUT2D eigenvalue weighted by molar-refractivity contribution is 7.71. The van der Waals surface area contributed by atoms with Crippen molar-refractivity contribution in [1.82, 2.24) is 9.97 Å². The van der Waals surface area contributed by atoms with Crippen LogP contribution in [-0.4, -0.2) is 9.97 Å². The average Bonchev–Trinajstić information content (AvgIpc) is 2.01. The van der Waals surface area contributed by atoms with Gasteiger partial charge in [-0.2, -0.15) is 0 Å². The van der Waals surface area contributed by atoms with Crippen LogP contribution in [0.15, 0.2) is 0 Å². The Bertz CT molecular complexity index is 365. The monoisotopic (exact) mass is 210 g/mol. The van der Waals surface area contributed by atoms with Gasteiger partial charge < -0.3 is 4.98 Å². The van der Waals surface area contributed by atoms with Crippen molar-refractivity contribution in [3.63, 3.8) is 0 Å². The van der Waals surface area contributed by atoms with E-state index in [1.54, 1.807) is 0 Å². The summed E-state index contributed by atoms with van der Waals surface area (Å²) in [6.07, 6.45) is 1.10. The molecule has 1 rings (SSSR count). The van der Waals surface area contributed by atoms with E-state index in [4.69, 9.17) is 12.2 Å². The molecule has 0 aliphatic heterocycles. The molecule has 0 aromatic carbocycles. The third-order valence-corrected chi connectivity index (χ3v) is 3.05. The zero-order valence-corrected chi connectivity index (χ0v) is 10.4. The van der Waals surface area contributed by atoms with Crippen LogP contribution < -0.4 is 0 Å². The fourth-order valence-corrected chi connectivity index (χ4v) is 2.19. The first kappa shape index (κ1) is 11.4. The number of nitrogens with one attached hydrogen (secondary N) is 1. The van der Waals surface area contributed by atoms with Crippen molar-refractivity contribution in [3.8, 4) is 0 Å². The summed E-state index contributed by atoms with van der Waals surface area (Å²) in [4.78, 5) is 7.43. The summed E-state index contributed by atoms with van der Waals surface area (Å²) in [5.74, 6) is 0. The molecule has 0 radical (unpaired) electrons. The Hall–Kier alpha value is -0.700. The lowest BCUT2D eigenvalue weighted by molar-refractivity contribution is 0.494. The van der Waals surface area contributed by atoms with Crippen molar-refractivity contribution < 1.29 is 0 Å². The topological polar surface area (TPSA) is 28.7 Å². The molecule has 1 aromatic heterocycles. The molecule has 0 aliphatic rings. The SMILES string of the molecule is CCC(C)(C)c1c(C)nc(=S)[nH]c1C. The Balaban J connectivity index is 3.42. The van der Waals surface area contributed by atoms with Gasteiger partial charge in [-0.1, -0.05) is 20.8 Å². The van der Waals surface area contributed by atoms with Crippen molar-refractivity contribution in [2.45, 2.75) is 46.5 Å². The Morgan fingerprint density at radius 1 is 1.36 bits per heavy atom. The van der Waals surface area contributed by atoms with E-state index < -0.39 is 0 Å². The fourth-order valence-electron chi connectivity index (χ4n) is 1.90. The van der Waals surface area contributed by atoms with Crippen LogP contribution in [0.5, 0.6) is 0 Å². The van der Waals surface area contributed by atoms with Crippen molar-refractivity contribution >= 4 is 12.2 Å². The summed E-state index contributed by atoms with van der Waals surface area (Å²) in [6.45, 7) is 10.8. The van der Waals surface area contributed by atoms with E-state index in [9.17, 15) is 0 Å². The number of aromatic nitrogens is 2. The lowest BCUT2D eigenvalue weighted by Gasteiger charge is -2.26. The molecule has 1 heterocycles. The molecule has 0 saturated carbocycles. The summed E-state index contributed by atoms with van der Waals surface area (Å²) in [5, 5.41) is 0. The minimum Gasteiger partial charge on any atom is -0.334 e. The van der Waals surface area contributed by atoms with E-state index >= 15 is 0 Å². The Kier molecular flexibility index (Phi) is 3.10. The summed E-state index contributed by atoms with van der Waals surface area (Å²) >= 11 is 5.04. The van der Waals surface area contributed by atoms with Gasteiger partial charge in [0.05, 0.1) is 0 Å². The number of aromatic amines is 1. The first-order valence-electron chi connectivity index (χ1n) is 4.96. The molecule has 0 bridgehead atoms. The number of nitrogens with zero attached hydrogens (tertiary/aromatic N) is 1. The summed E-state index contributed by atoms with van der Waals surface area (Å²) in [5.41, 5.74) is 3.67. The maximum Gasteiger partial charge on any atom is 0.197 e. The summed E-state index contributed by atoms with van der Waals surface area (Å²) < 4.78 is 0.579. The van der Waals surface area contributed by atoms with Crippen LogP contribution in [0.1, 0.15) is 44.1 Å². The molecule has 0 atom stereocenters. The van der Waals surface area contributed by atoms with E-state index in [1.807, 2.05) is 6.92 Å². The Morgan fingerprint density at radius 2 is 1.93 bits per heavy atom. The van der Waals surface area contributed by atoms with E-state index in [1.165, 1.54) is 5.56 Å². The zero-order valence-electron chi connectivity index (χ0n) is 9.56. The van der Waals surface area contributed by atoms with E-state index in [-0.39, 0.29) is 5.41 Å². The first-order valence-corrected chi connectivity index (χ1v) is 5.37. The molecule has 3 heteroatoms. The van der Waals surface area contributed by atoms with Gasteiger partial charge >= 0.3 is 0 Å². The van der Waals surface area contributed by atoms with Gasteiger partial charge in [0, 0.05) is 11.4 Å². The van der Waals surface area contributed by atoms with E-state index in [0.717, 1.165) is 17.8 Å². The predicted molar refractivity (Wildman–Crippen MR) is 62.2 cm³/mol. The first-order chi connectivity index (χ1) is 6.38. The Morgan fingerprint density at radius 3 is 2.36 bits per heavy atom. The summed E-state index contributed by atoms with van der Waals surface area (Å²) in [6, 6.07) is 0. The van der Waals surface area contributed by atoms with Gasteiger partial charge in [-0.25, -0.2) is 4.98 Å². The van der Waals surface area contributed by atoms with Crippen LogP contribution in [0, 0.1) is 18.6 Å². The third-order valence-electron chi connectivity index (χ3n) is 2.86. The van der Waals surface area contributed by atoms with Crippen LogP contribution in [-0.2, 0) is 5.41 Å². The minimum atomic E-state index is 0.167. The van der Waals surface area contributed by atoms with Gasteiger partial charge in [-0.15, -0.1) is 0 Å². The van der Waals surface area contributed by atoms with Gasteiger partial charge in [0.1, 0.15) is 0 Å². The number of hydrogen-bond donors (Lipinski definition) is 1. The second-order valence-electron chi connectivity index (χ2n) is 4.36. The van der Waals surface area contributed by atoms with Gasteiger partial charge in [0.25, 0.3) is 0 Å². The average molecular weight is 210 g/mol. The van der Waals surface area contributed by atoms with E-state index in [0.29, 0.717) is 4.77 Å². The maximum atomic E-state index is 5.04. The lowest BCUT2D eigenvalue weighted by atomic mass is 9.80. The minimum absolute atomic E-state index is 0.167. The third kappa shape index (κ3) is 2.03. The van der Waals surface area contributed by atoms with Crippen LogP contribution in [0.3, 0.4) is 0 Å². The largest absolute Gasteiger partial charge is 0.334 e. The maximum absolute atomic E-state index is 5.04. The molecule has 1 N–H and O–H groups in total. The molecule has 0 amide bonds. The highest BCUT2D eigenvalue weighted by Crippen LogP contribution is 2.30. The molecule has 2 nitrogen and oxygen atoms in total. The van der Waals surface area contributed by atoms with Gasteiger partial charge in [-0.3, -0.25) is 0 Å². The van der Waals surface area contributed by atoms with Crippen molar-refractivity contribution in [2.75, 3.05) is 0 Å². The van der Waals surface area contributed by atoms with Crippen LogP contribution in [0.2, 0.25) is 0 Å². The molecular formula is C11H18N2S. The summed E-state index contributed by atoms with van der Waals surface area (Å²) in [7, 11) is 0. The van der Waals surface area contributed by atoms with Crippen molar-refractivity contribution in [3.05, 3.63) is 21.7 Å². The van der Waals surface area contributed by atoms with Crippen LogP contribution >= 0.6 is 12.2 Å². The molecule has 0 saturated heterocycles. The number of rotatable bonds is 2. The molecule has 0 aliphatic carbocycles. The second-order valence-corrected chi connectivity index (χ2v) is 4.75. The predicted octanol–water partition coefficient (Wildman–Crippen LogP) is 3.44. The lowest BCUT2D eigenvalue weighted by Crippen LogP contribution is -2.20. The van der Waals surface area contributed by atoms with Crippen LogP contribution in [0.25, 0.3) is 0 Å². The smallest absolute Gasteiger partial charge is 0.197 e. The number of H-pyrrole nitrogens is 1.